The third-order valence-electron chi connectivity index (χ3n) is 7.92. The highest BCUT2D eigenvalue weighted by Gasteiger charge is 2.39. The zero-order chi connectivity index (χ0) is 26.9. The molecule has 3 amide bonds. The Morgan fingerprint density at radius 2 is 1.67 bits per heavy atom. The van der Waals surface area contributed by atoms with Crippen molar-refractivity contribution in [1.82, 2.24) is 19.8 Å². The molecule has 39 heavy (non-hydrogen) atoms. The molecule has 0 atom stereocenters. The summed E-state index contributed by atoms with van der Waals surface area (Å²) in [6, 6.07) is 23.3. The molecule has 3 aromatic carbocycles. The largest absolute Gasteiger partial charge is 0.371 e. The molecular weight excluding hydrogens is 490 g/mol. The maximum atomic E-state index is 13.6. The maximum absolute atomic E-state index is 13.6. The SMILES string of the molecule is Cn1c(CN2C(=O)c3cccc(N4CCC(C(=O)NCCc5ccccc5)CC4)c3C2=O)nc2ccccc21. The molecule has 8 nitrogen and oxygen atoms in total. The maximum Gasteiger partial charge on any atom is 0.264 e. The van der Waals surface area contributed by atoms with Gasteiger partial charge in [0, 0.05) is 32.6 Å². The van der Waals surface area contributed by atoms with Crippen LogP contribution in [-0.2, 0) is 24.8 Å². The van der Waals surface area contributed by atoms with Crippen LogP contribution in [0.2, 0.25) is 0 Å². The minimum Gasteiger partial charge on any atom is -0.371 e. The van der Waals surface area contributed by atoms with Crippen LogP contribution < -0.4 is 10.2 Å². The number of nitrogens with zero attached hydrogens (tertiary/aromatic N) is 4. The normalized spacial score (nSPS) is 15.7. The molecule has 6 rings (SSSR count). The highest BCUT2D eigenvalue weighted by Crippen LogP contribution is 2.34. The molecule has 3 heterocycles. The van der Waals surface area contributed by atoms with Gasteiger partial charge in [0.25, 0.3) is 11.8 Å². The van der Waals surface area contributed by atoms with Crippen molar-refractivity contribution in [3.8, 4) is 0 Å². The van der Waals surface area contributed by atoms with Crippen LogP contribution in [0.25, 0.3) is 11.0 Å². The zero-order valence-electron chi connectivity index (χ0n) is 22.0. The summed E-state index contributed by atoms with van der Waals surface area (Å²) in [4.78, 5) is 47.8. The second-order valence-electron chi connectivity index (χ2n) is 10.3. The molecule has 0 saturated carbocycles. The van der Waals surface area contributed by atoms with E-state index < -0.39 is 0 Å². The van der Waals surface area contributed by atoms with E-state index in [2.05, 4.69) is 27.3 Å². The number of amides is 3. The Hall–Kier alpha value is -4.46. The molecule has 0 aliphatic carbocycles. The van der Waals surface area contributed by atoms with Gasteiger partial charge in [-0.05, 0) is 49.1 Å². The molecule has 1 N–H and O–H groups in total. The lowest BCUT2D eigenvalue weighted by Gasteiger charge is -2.33. The number of anilines is 1. The Morgan fingerprint density at radius 1 is 0.923 bits per heavy atom. The number of imidazole rings is 1. The predicted molar refractivity (Wildman–Crippen MR) is 149 cm³/mol. The van der Waals surface area contributed by atoms with Gasteiger partial charge in [-0.15, -0.1) is 0 Å². The monoisotopic (exact) mass is 521 g/mol. The van der Waals surface area contributed by atoms with Gasteiger partial charge in [0.05, 0.1) is 34.4 Å². The number of rotatable bonds is 7. The van der Waals surface area contributed by atoms with E-state index in [1.807, 2.05) is 66.2 Å². The van der Waals surface area contributed by atoms with Crippen molar-refractivity contribution in [2.75, 3.05) is 24.5 Å². The number of fused-ring (bicyclic) bond motifs is 2. The summed E-state index contributed by atoms with van der Waals surface area (Å²) in [5.41, 5.74) is 4.64. The van der Waals surface area contributed by atoms with Crippen molar-refractivity contribution in [2.45, 2.75) is 25.8 Å². The Morgan fingerprint density at radius 3 is 2.44 bits per heavy atom. The van der Waals surface area contributed by atoms with Crippen LogP contribution in [0.4, 0.5) is 5.69 Å². The van der Waals surface area contributed by atoms with Gasteiger partial charge in [0.1, 0.15) is 5.82 Å². The van der Waals surface area contributed by atoms with Crippen LogP contribution in [0.15, 0.2) is 72.8 Å². The molecule has 2 aliphatic rings. The summed E-state index contributed by atoms with van der Waals surface area (Å²) in [5.74, 6) is 0.102. The molecule has 2 aliphatic heterocycles. The molecule has 0 bridgehead atoms. The van der Waals surface area contributed by atoms with Gasteiger partial charge >= 0.3 is 0 Å². The smallest absolute Gasteiger partial charge is 0.264 e. The number of aromatic nitrogens is 2. The summed E-state index contributed by atoms with van der Waals surface area (Å²) in [7, 11) is 1.90. The number of hydrogen-bond donors (Lipinski definition) is 1. The van der Waals surface area contributed by atoms with Gasteiger partial charge in [-0.3, -0.25) is 19.3 Å². The Labute approximate surface area is 227 Å². The fourth-order valence-electron chi connectivity index (χ4n) is 5.70. The molecule has 8 heteroatoms. The Bertz CT molecular complexity index is 1550. The first-order chi connectivity index (χ1) is 19.0. The van der Waals surface area contributed by atoms with Crippen LogP contribution >= 0.6 is 0 Å². The molecular formula is C31H31N5O3. The minimum atomic E-state index is -0.295. The first-order valence-corrected chi connectivity index (χ1v) is 13.5. The van der Waals surface area contributed by atoms with Gasteiger partial charge in [-0.2, -0.15) is 0 Å². The quantitative estimate of drug-likeness (QED) is 0.372. The van der Waals surface area contributed by atoms with Crippen LogP contribution in [0.5, 0.6) is 0 Å². The van der Waals surface area contributed by atoms with Gasteiger partial charge in [-0.1, -0.05) is 48.5 Å². The summed E-state index contributed by atoms with van der Waals surface area (Å²) in [6.07, 6.45) is 2.21. The van der Waals surface area contributed by atoms with E-state index >= 15 is 0 Å². The number of aryl methyl sites for hydroxylation is 1. The summed E-state index contributed by atoms with van der Waals surface area (Å²) in [6.45, 7) is 2.04. The van der Waals surface area contributed by atoms with Crippen molar-refractivity contribution < 1.29 is 14.4 Å². The zero-order valence-corrected chi connectivity index (χ0v) is 22.0. The van der Waals surface area contributed by atoms with Crippen LogP contribution in [0.3, 0.4) is 0 Å². The minimum absolute atomic E-state index is 0.0554. The lowest BCUT2D eigenvalue weighted by Crippen LogP contribution is -2.41. The topological polar surface area (TPSA) is 87.5 Å². The average molecular weight is 522 g/mol. The van der Waals surface area contributed by atoms with E-state index in [0.717, 1.165) is 23.1 Å². The number of hydrogen-bond acceptors (Lipinski definition) is 5. The molecule has 0 spiro atoms. The number of benzene rings is 3. The first kappa shape index (κ1) is 24.9. The highest BCUT2D eigenvalue weighted by atomic mass is 16.2. The predicted octanol–water partition coefficient (Wildman–Crippen LogP) is 3.94. The number of imide groups is 1. The van der Waals surface area contributed by atoms with E-state index in [9.17, 15) is 14.4 Å². The van der Waals surface area contributed by atoms with Gasteiger partial charge < -0.3 is 14.8 Å². The number of carbonyl (C=O) groups excluding carboxylic acids is 3. The second-order valence-corrected chi connectivity index (χ2v) is 10.3. The van der Waals surface area contributed by atoms with Crippen molar-refractivity contribution >= 4 is 34.4 Å². The molecule has 1 aromatic heterocycles. The summed E-state index contributed by atoms with van der Waals surface area (Å²) in [5, 5.41) is 3.08. The third kappa shape index (κ3) is 4.67. The lowest BCUT2D eigenvalue weighted by molar-refractivity contribution is -0.125. The van der Waals surface area contributed by atoms with Crippen molar-refractivity contribution in [3.05, 3.63) is 95.3 Å². The lowest BCUT2D eigenvalue weighted by atomic mass is 9.94. The van der Waals surface area contributed by atoms with E-state index in [0.29, 0.717) is 49.4 Å². The molecule has 0 unspecified atom stereocenters. The van der Waals surface area contributed by atoms with Crippen molar-refractivity contribution in [3.63, 3.8) is 0 Å². The molecule has 198 valence electrons. The Balaban J connectivity index is 1.12. The van der Waals surface area contributed by atoms with Crippen molar-refractivity contribution in [1.29, 1.82) is 0 Å². The number of para-hydroxylation sites is 2. The molecule has 1 saturated heterocycles. The first-order valence-electron chi connectivity index (χ1n) is 13.5. The number of nitrogens with one attached hydrogen (secondary N) is 1. The molecule has 4 aromatic rings. The summed E-state index contributed by atoms with van der Waals surface area (Å²) >= 11 is 0. The van der Waals surface area contributed by atoms with Crippen molar-refractivity contribution in [2.24, 2.45) is 13.0 Å². The van der Waals surface area contributed by atoms with Gasteiger partial charge in [0.15, 0.2) is 0 Å². The fourth-order valence-corrected chi connectivity index (χ4v) is 5.70. The fraction of sp³-hybridized carbons (Fsp3) is 0.290. The second kappa shape index (κ2) is 10.4. The van der Waals surface area contributed by atoms with Crippen LogP contribution in [0.1, 0.15) is 44.9 Å². The highest BCUT2D eigenvalue weighted by molar-refractivity contribution is 6.23. The molecule has 0 radical (unpaired) electrons. The average Bonchev–Trinajstić information content (AvgIpc) is 3.42. The third-order valence-corrected chi connectivity index (χ3v) is 7.92. The molecule has 1 fully saturated rings. The van der Waals surface area contributed by atoms with E-state index in [4.69, 9.17) is 0 Å². The van der Waals surface area contributed by atoms with Gasteiger partial charge in [0.2, 0.25) is 5.91 Å². The standard InChI is InChI=1S/C31H31N5O3/c1-34-25-12-6-5-11-24(25)33-27(34)20-36-30(38)23-10-7-13-26(28(23)31(36)39)35-18-15-22(16-19-35)29(37)32-17-14-21-8-3-2-4-9-21/h2-13,22H,14-20H2,1H3,(H,32,37). The number of carbonyl (C=O) groups is 3. The number of piperidine rings is 1. The summed E-state index contributed by atoms with van der Waals surface area (Å²) < 4.78 is 1.93. The van der Waals surface area contributed by atoms with E-state index in [1.165, 1.54) is 10.5 Å². The Kier molecular flexibility index (Phi) is 6.60. The van der Waals surface area contributed by atoms with E-state index in [-0.39, 0.29) is 30.2 Å². The van der Waals surface area contributed by atoms with Crippen LogP contribution in [-0.4, -0.2) is 51.8 Å². The van der Waals surface area contributed by atoms with Gasteiger partial charge in [-0.25, -0.2) is 4.98 Å². The van der Waals surface area contributed by atoms with Crippen LogP contribution in [0, 0.1) is 5.92 Å². The van der Waals surface area contributed by atoms with E-state index in [1.54, 1.807) is 6.07 Å².